The fraction of sp³-hybridized carbons (Fsp3) is 0.182. The monoisotopic (exact) mass is 226 g/mol. The van der Waals surface area contributed by atoms with E-state index in [1.807, 2.05) is 0 Å². The number of alkyl halides is 3. The molecule has 0 saturated heterocycles. The maximum atomic E-state index is 12.5. The van der Waals surface area contributed by atoms with Gasteiger partial charge in [0.25, 0.3) is 0 Å². The Balaban J connectivity index is 2.50. The first-order valence-corrected chi connectivity index (χ1v) is 4.64. The van der Waals surface area contributed by atoms with Crippen LogP contribution in [0.4, 0.5) is 13.2 Å². The Morgan fingerprint density at radius 3 is 2.25 bits per heavy atom. The van der Waals surface area contributed by atoms with Crippen LogP contribution in [-0.4, -0.2) is 9.55 Å². The van der Waals surface area contributed by atoms with Crippen molar-refractivity contribution in [2.75, 3.05) is 0 Å². The molecule has 0 fully saturated rings. The van der Waals surface area contributed by atoms with Crippen LogP contribution >= 0.6 is 0 Å². The van der Waals surface area contributed by atoms with Gasteiger partial charge in [-0.25, -0.2) is 4.98 Å². The molecule has 0 saturated carbocycles. The number of hydrogen-bond donors (Lipinski definition) is 0. The summed E-state index contributed by atoms with van der Waals surface area (Å²) in [4.78, 5) is 3.80. The summed E-state index contributed by atoms with van der Waals surface area (Å²) in [5.41, 5.74) is -0.0770. The maximum Gasteiger partial charge on any atom is 0.433 e. The highest BCUT2D eigenvalue weighted by atomic mass is 19.4. The lowest BCUT2D eigenvalue weighted by atomic mass is 10.2. The van der Waals surface area contributed by atoms with Crippen molar-refractivity contribution in [2.24, 2.45) is 7.05 Å². The minimum Gasteiger partial charge on any atom is -0.324 e. The number of hydrogen-bond acceptors (Lipinski definition) is 1. The molecule has 2 nitrogen and oxygen atoms in total. The van der Waals surface area contributed by atoms with Gasteiger partial charge in [0.2, 0.25) is 0 Å². The summed E-state index contributed by atoms with van der Waals surface area (Å²) in [5, 5.41) is 0. The van der Waals surface area contributed by atoms with Crippen molar-refractivity contribution in [3.8, 4) is 11.4 Å². The van der Waals surface area contributed by atoms with Crippen molar-refractivity contribution in [3.05, 3.63) is 42.2 Å². The Hall–Kier alpha value is -1.78. The first-order valence-electron chi connectivity index (χ1n) is 4.64. The summed E-state index contributed by atoms with van der Waals surface area (Å²) in [6.45, 7) is 0. The van der Waals surface area contributed by atoms with Gasteiger partial charge >= 0.3 is 6.18 Å². The van der Waals surface area contributed by atoms with E-state index in [9.17, 15) is 13.2 Å². The predicted octanol–water partition coefficient (Wildman–Crippen LogP) is 3.11. The van der Waals surface area contributed by atoms with Gasteiger partial charge in [-0.3, -0.25) is 0 Å². The predicted molar refractivity (Wildman–Crippen MR) is 53.6 cm³/mol. The Bertz CT molecular complexity index is 486. The normalized spacial score (nSPS) is 11.8. The molecule has 1 aromatic heterocycles. The summed E-state index contributed by atoms with van der Waals surface area (Å²) in [7, 11) is 1.36. The highest BCUT2D eigenvalue weighted by molar-refractivity contribution is 5.55. The number of imidazole rings is 1. The molecule has 5 heteroatoms. The topological polar surface area (TPSA) is 17.8 Å². The molecule has 0 bridgehead atoms. The molecule has 0 unspecified atom stereocenters. The second kappa shape index (κ2) is 3.66. The molecule has 0 spiro atoms. The van der Waals surface area contributed by atoms with Crippen molar-refractivity contribution in [2.45, 2.75) is 6.18 Å². The summed E-state index contributed by atoms with van der Waals surface area (Å²) >= 11 is 0. The van der Waals surface area contributed by atoms with Crippen LogP contribution in [0.2, 0.25) is 0 Å². The highest BCUT2D eigenvalue weighted by Crippen LogP contribution is 2.31. The van der Waals surface area contributed by atoms with Crippen molar-refractivity contribution < 1.29 is 13.2 Å². The van der Waals surface area contributed by atoms with Gasteiger partial charge in [-0.05, 0) is 0 Å². The second-order valence-electron chi connectivity index (χ2n) is 3.39. The van der Waals surface area contributed by atoms with Crippen molar-refractivity contribution >= 4 is 0 Å². The van der Waals surface area contributed by atoms with E-state index in [1.165, 1.54) is 7.05 Å². The summed E-state index contributed by atoms with van der Waals surface area (Å²) in [5.74, 6) is 0.313. The van der Waals surface area contributed by atoms with E-state index in [-0.39, 0.29) is 0 Å². The maximum absolute atomic E-state index is 12.5. The fourth-order valence-electron chi connectivity index (χ4n) is 1.53. The molecule has 16 heavy (non-hydrogen) atoms. The minimum absolute atomic E-state index is 0.313. The smallest absolute Gasteiger partial charge is 0.324 e. The van der Waals surface area contributed by atoms with Gasteiger partial charge in [0.1, 0.15) is 11.5 Å². The fourth-order valence-corrected chi connectivity index (χ4v) is 1.53. The van der Waals surface area contributed by atoms with Crippen LogP contribution in [0.15, 0.2) is 36.5 Å². The minimum atomic E-state index is -4.37. The molecular weight excluding hydrogens is 217 g/mol. The Labute approximate surface area is 90.4 Å². The molecule has 2 rings (SSSR count). The van der Waals surface area contributed by atoms with E-state index >= 15 is 0 Å². The Kier molecular flexibility index (Phi) is 2.46. The number of benzene rings is 1. The standard InChI is InChI=1S/C11H9F3N2/c1-16-9(11(12,13)14)7-15-10(16)8-5-3-2-4-6-8/h2-7H,1H3. The highest BCUT2D eigenvalue weighted by Gasteiger charge is 2.35. The SMILES string of the molecule is Cn1c(C(F)(F)F)cnc1-c1ccccc1. The van der Waals surface area contributed by atoms with Gasteiger partial charge in [-0.1, -0.05) is 30.3 Å². The molecule has 0 atom stereocenters. The number of nitrogens with zero attached hydrogens (tertiary/aromatic N) is 2. The molecule has 2 aromatic rings. The molecule has 0 aliphatic carbocycles. The van der Waals surface area contributed by atoms with Crippen LogP contribution in [0.1, 0.15) is 5.69 Å². The zero-order valence-corrected chi connectivity index (χ0v) is 8.49. The van der Waals surface area contributed by atoms with Crippen LogP contribution in [-0.2, 0) is 13.2 Å². The molecule has 84 valence electrons. The van der Waals surface area contributed by atoms with Gasteiger partial charge in [0, 0.05) is 12.6 Å². The molecular formula is C11H9F3N2. The van der Waals surface area contributed by atoms with Gasteiger partial charge in [-0.15, -0.1) is 0 Å². The third-order valence-corrected chi connectivity index (χ3v) is 2.31. The van der Waals surface area contributed by atoms with Crippen molar-refractivity contribution in [1.82, 2.24) is 9.55 Å². The van der Waals surface area contributed by atoms with Crippen LogP contribution in [0.3, 0.4) is 0 Å². The summed E-state index contributed by atoms with van der Waals surface area (Å²) < 4.78 is 38.6. The first-order chi connectivity index (χ1) is 7.50. The van der Waals surface area contributed by atoms with E-state index in [0.29, 0.717) is 11.4 Å². The average Bonchev–Trinajstić information content (AvgIpc) is 2.61. The van der Waals surface area contributed by atoms with Crippen LogP contribution in [0, 0.1) is 0 Å². The number of aromatic nitrogens is 2. The lowest BCUT2D eigenvalue weighted by Crippen LogP contribution is -2.11. The van der Waals surface area contributed by atoms with Crippen molar-refractivity contribution in [3.63, 3.8) is 0 Å². The molecule has 0 aliphatic heterocycles. The van der Waals surface area contributed by atoms with E-state index in [0.717, 1.165) is 10.8 Å². The largest absolute Gasteiger partial charge is 0.433 e. The van der Waals surface area contributed by atoms with E-state index in [2.05, 4.69) is 4.98 Å². The van der Waals surface area contributed by atoms with Crippen LogP contribution < -0.4 is 0 Å². The lowest BCUT2D eigenvalue weighted by Gasteiger charge is -2.08. The third kappa shape index (κ3) is 1.80. The van der Waals surface area contributed by atoms with Gasteiger partial charge in [0.15, 0.2) is 0 Å². The van der Waals surface area contributed by atoms with E-state index in [1.54, 1.807) is 30.3 Å². The van der Waals surface area contributed by atoms with Gasteiger partial charge < -0.3 is 4.57 Å². The molecule has 1 aromatic carbocycles. The zero-order chi connectivity index (χ0) is 11.8. The van der Waals surface area contributed by atoms with Gasteiger partial charge in [0.05, 0.1) is 6.20 Å². The van der Waals surface area contributed by atoms with E-state index < -0.39 is 11.9 Å². The van der Waals surface area contributed by atoms with Crippen LogP contribution in [0.5, 0.6) is 0 Å². The Morgan fingerprint density at radius 1 is 1.12 bits per heavy atom. The second-order valence-corrected chi connectivity index (χ2v) is 3.39. The van der Waals surface area contributed by atoms with Crippen molar-refractivity contribution in [1.29, 1.82) is 0 Å². The number of rotatable bonds is 1. The average molecular weight is 226 g/mol. The first kappa shape index (κ1) is 10.7. The summed E-state index contributed by atoms with van der Waals surface area (Å²) in [6.07, 6.45) is -3.52. The van der Waals surface area contributed by atoms with Gasteiger partial charge in [-0.2, -0.15) is 13.2 Å². The van der Waals surface area contributed by atoms with E-state index in [4.69, 9.17) is 0 Å². The number of halogens is 3. The summed E-state index contributed by atoms with van der Waals surface area (Å²) in [6, 6.07) is 8.77. The molecule has 0 N–H and O–H groups in total. The molecule has 0 radical (unpaired) electrons. The Morgan fingerprint density at radius 2 is 1.75 bits per heavy atom. The molecule has 0 amide bonds. The molecule has 1 heterocycles. The third-order valence-electron chi connectivity index (χ3n) is 2.31. The molecule has 0 aliphatic rings. The zero-order valence-electron chi connectivity index (χ0n) is 8.49. The van der Waals surface area contributed by atoms with Crippen LogP contribution in [0.25, 0.3) is 11.4 Å². The lowest BCUT2D eigenvalue weighted by molar-refractivity contribution is -0.143. The quantitative estimate of drug-likeness (QED) is 0.730.